The predicted octanol–water partition coefficient (Wildman–Crippen LogP) is 3.38. The molecule has 5 heteroatoms. The summed E-state index contributed by atoms with van der Waals surface area (Å²) in [7, 11) is 0. The molecular weight excluding hydrogens is 262 g/mol. The van der Waals surface area contributed by atoms with Crippen LogP contribution in [-0.4, -0.2) is 9.97 Å². The molecule has 98 valence electrons. The van der Waals surface area contributed by atoms with Gasteiger partial charge in [-0.3, -0.25) is 0 Å². The number of hydrogen-bond acceptors (Lipinski definition) is 4. The Morgan fingerprint density at radius 3 is 2.84 bits per heavy atom. The molecule has 0 atom stereocenters. The van der Waals surface area contributed by atoms with Crippen molar-refractivity contribution in [3.05, 3.63) is 40.8 Å². The fraction of sp³-hybridized carbons (Fsp3) is 0.286. The fourth-order valence-electron chi connectivity index (χ4n) is 2.28. The molecule has 1 aromatic carbocycles. The summed E-state index contributed by atoms with van der Waals surface area (Å²) in [5.74, 6) is 1.18. The first-order valence-corrected chi connectivity index (χ1v) is 6.67. The highest BCUT2D eigenvalue weighted by Gasteiger charge is 2.17. The van der Waals surface area contributed by atoms with E-state index in [1.807, 2.05) is 0 Å². The van der Waals surface area contributed by atoms with Gasteiger partial charge in [0.1, 0.15) is 12.1 Å². The van der Waals surface area contributed by atoms with Crippen LogP contribution < -0.4 is 10.5 Å². The third-order valence-electron chi connectivity index (χ3n) is 3.25. The second kappa shape index (κ2) is 5.05. The van der Waals surface area contributed by atoms with Crippen LogP contribution in [0, 0.1) is 0 Å². The van der Waals surface area contributed by atoms with Gasteiger partial charge in [-0.05, 0) is 43.9 Å². The molecule has 0 amide bonds. The molecule has 0 aliphatic heterocycles. The van der Waals surface area contributed by atoms with Crippen LogP contribution in [0.5, 0.6) is 11.6 Å². The average molecular weight is 276 g/mol. The minimum absolute atomic E-state index is 0.489. The van der Waals surface area contributed by atoms with Gasteiger partial charge in [0.2, 0.25) is 5.88 Å². The smallest absolute Gasteiger partial charge is 0.225 e. The summed E-state index contributed by atoms with van der Waals surface area (Å²) in [6, 6.07) is 5.19. The van der Waals surface area contributed by atoms with E-state index < -0.39 is 0 Å². The second-order valence-corrected chi connectivity index (χ2v) is 5.01. The Hall–Kier alpha value is -1.81. The van der Waals surface area contributed by atoms with Crippen molar-refractivity contribution >= 4 is 17.3 Å². The molecule has 0 fully saturated rings. The van der Waals surface area contributed by atoms with E-state index in [1.165, 1.54) is 6.42 Å². The Balaban J connectivity index is 1.95. The highest BCUT2D eigenvalue weighted by atomic mass is 35.5. The van der Waals surface area contributed by atoms with Gasteiger partial charge in [0.25, 0.3) is 0 Å². The lowest BCUT2D eigenvalue weighted by Gasteiger charge is -2.17. The summed E-state index contributed by atoms with van der Waals surface area (Å²) in [5, 5.41) is 0.489. The van der Waals surface area contributed by atoms with Crippen LogP contribution in [0.15, 0.2) is 24.5 Å². The van der Waals surface area contributed by atoms with Crippen molar-refractivity contribution in [3.8, 4) is 11.6 Å². The van der Waals surface area contributed by atoms with Crippen LogP contribution in [0.3, 0.4) is 0 Å². The van der Waals surface area contributed by atoms with Crippen LogP contribution >= 0.6 is 11.6 Å². The van der Waals surface area contributed by atoms with E-state index in [4.69, 9.17) is 22.1 Å². The van der Waals surface area contributed by atoms with E-state index in [2.05, 4.69) is 9.97 Å². The van der Waals surface area contributed by atoms with Crippen molar-refractivity contribution in [1.29, 1.82) is 0 Å². The Labute approximate surface area is 116 Å². The highest BCUT2D eigenvalue weighted by Crippen LogP contribution is 2.33. The standard InChI is InChI=1S/C14H14ClN3O/c15-11-7-9(16)5-6-13(11)19-14-10-3-1-2-4-12(10)17-8-18-14/h5-8H,1-4,16H2. The molecule has 0 radical (unpaired) electrons. The second-order valence-electron chi connectivity index (χ2n) is 4.60. The van der Waals surface area contributed by atoms with Gasteiger partial charge < -0.3 is 10.5 Å². The number of rotatable bonds is 2. The molecule has 1 heterocycles. The van der Waals surface area contributed by atoms with Crippen molar-refractivity contribution in [2.24, 2.45) is 0 Å². The van der Waals surface area contributed by atoms with Crippen molar-refractivity contribution in [1.82, 2.24) is 9.97 Å². The SMILES string of the molecule is Nc1ccc(Oc2ncnc3c2CCCC3)c(Cl)c1. The van der Waals surface area contributed by atoms with Gasteiger partial charge in [-0.15, -0.1) is 0 Å². The van der Waals surface area contributed by atoms with Gasteiger partial charge in [-0.25, -0.2) is 9.97 Å². The first kappa shape index (κ1) is 12.2. The molecule has 3 rings (SSSR count). The predicted molar refractivity (Wildman–Crippen MR) is 74.6 cm³/mol. The van der Waals surface area contributed by atoms with E-state index in [-0.39, 0.29) is 0 Å². The monoisotopic (exact) mass is 275 g/mol. The number of aryl methyl sites for hydroxylation is 1. The maximum absolute atomic E-state index is 6.11. The van der Waals surface area contributed by atoms with Crippen molar-refractivity contribution < 1.29 is 4.74 Å². The number of fused-ring (bicyclic) bond motifs is 1. The number of aromatic nitrogens is 2. The molecule has 19 heavy (non-hydrogen) atoms. The molecule has 0 unspecified atom stereocenters. The lowest BCUT2D eigenvalue weighted by molar-refractivity contribution is 0.447. The molecule has 4 nitrogen and oxygen atoms in total. The summed E-state index contributed by atoms with van der Waals surface area (Å²) in [5.41, 5.74) is 8.46. The van der Waals surface area contributed by atoms with Crippen molar-refractivity contribution in [2.45, 2.75) is 25.7 Å². The first-order chi connectivity index (χ1) is 9.24. The number of benzene rings is 1. The van der Waals surface area contributed by atoms with Crippen LogP contribution in [-0.2, 0) is 12.8 Å². The molecule has 1 aliphatic carbocycles. The number of nitrogen functional groups attached to an aromatic ring is 1. The Morgan fingerprint density at radius 1 is 1.16 bits per heavy atom. The summed E-state index contributed by atoms with van der Waals surface area (Å²) in [6.07, 6.45) is 5.81. The molecule has 0 spiro atoms. The van der Waals surface area contributed by atoms with Gasteiger partial charge in [-0.2, -0.15) is 0 Å². The Bertz CT molecular complexity index is 616. The number of anilines is 1. The average Bonchev–Trinajstić information content (AvgIpc) is 2.42. The van der Waals surface area contributed by atoms with Gasteiger partial charge in [0, 0.05) is 11.3 Å². The molecule has 0 saturated heterocycles. The van der Waals surface area contributed by atoms with Crippen LogP contribution in [0.25, 0.3) is 0 Å². The number of halogens is 1. The molecular formula is C14H14ClN3O. The Morgan fingerprint density at radius 2 is 2.00 bits per heavy atom. The largest absolute Gasteiger partial charge is 0.437 e. The van der Waals surface area contributed by atoms with Crippen molar-refractivity contribution in [3.63, 3.8) is 0 Å². The lowest BCUT2D eigenvalue weighted by Crippen LogP contribution is -2.08. The maximum Gasteiger partial charge on any atom is 0.225 e. The zero-order valence-corrected chi connectivity index (χ0v) is 11.2. The van der Waals surface area contributed by atoms with Gasteiger partial charge in [0.05, 0.1) is 10.7 Å². The van der Waals surface area contributed by atoms with E-state index >= 15 is 0 Å². The van der Waals surface area contributed by atoms with E-state index in [0.29, 0.717) is 22.3 Å². The van der Waals surface area contributed by atoms with E-state index in [9.17, 15) is 0 Å². The lowest BCUT2D eigenvalue weighted by atomic mass is 9.97. The maximum atomic E-state index is 6.11. The normalized spacial score (nSPS) is 13.9. The van der Waals surface area contributed by atoms with Gasteiger partial charge in [-0.1, -0.05) is 11.6 Å². The summed E-state index contributed by atoms with van der Waals surface area (Å²) < 4.78 is 5.82. The van der Waals surface area contributed by atoms with Crippen LogP contribution in [0.1, 0.15) is 24.1 Å². The zero-order chi connectivity index (χ0) is 13.2. The quantitative estimate of drug-likeness (QED) is 0.854. The van der Waals surface area contributed by atoms with Gasteiger partial charge in [0.15, 0.2) is 0 Å². The number of nitrogens with zero attached hydrogens (tertiary/aromatic N) is 2. The van der Waals surface area contributed by atoms with E-state index in [1.54, 1.807) is 24.5 Å². The number of ether oxygens (including phenoxy) is 1. The first-order valence-electron chi connectivity index (χ1n) is 6.29. The minimum atomic E-state index is 0.489. The number of nitrogens with two attached hydrogens (primary N) is 1. The fourth-order valence-corrected chi connectivity index (χ4v) is 2.51. The molecule has 2 N–H and O–H groups in total. The molecule has 0 saturated carbocycles. The third kappa shape index (κ3) is 2.49. The van der Waals surface area contributed by atoms with Crippen molar-refractivity contribution in [2.75, 3.05) is 5.73 Å². The molecule has 0 bridgehead atoms. The molecule has 2 aromatic rings. The highest BCUT2D eigenvalue weighted by molar-refractivity contribution is 6.32. The third-order valence-corrected chi connectivity index (χ3v) is 3.54. The van der Waals surface area contributed by atoms with E-state index in [0.717, 1.165) is 30.5 Å². The zero-order valence-electron chi connectivity index (χ0n) is 10.4. The minimum Gasteiger partial charge on any atom is -0.437 e. The Kier molecular flexibility index (Phi) is 3.25. The van der Waals surface area contributed by atoms with Crippen LogP contribution in [0.2, 0.25) is 5.02 Å². The summed E-state index contributed by atoms with van der Waals surface area (Å²) in [6.45, 7) is 0. The topological polar surface area (TPSA) is 61.0 Å². The van der Waals surface area contributed by atoms with Gasteiger partial charge >= 0.3 is 0 Å². The molecule has 1 aromatic heterocycles. The molecule has 1 aliphatic rings. The summed E-state index contributed by atoms with van der Waals surface area (Å²) in [4.78, 5) is 8.54. The van der Waals surface area contributed by atoms with Crippen LogP contribution in [0.4, 0.5) is 5.69 Å². The summed E-state index contributed by atoms with van der Waals surface area (Å²) >= 11 is 6.11. The number of hydrogen-bond donors (Lipinski definition) is 1.